The first-order chi connectivity index (χ1) is 20.1. The van der Waals surface area contributed by atoms with Gasteiger partial charge >= 0.3 is 11.9 Å². The van der Waals surface area contributed by atoms with E-state index in [2.05, 4.69) is 13.8 Å². The van der Waals surface area contributed by atoms with Crippen LogP contribution in [0.5, 0.6) is 0 Å². The molecule has 0 saturated heterocycles. The quantitative estimate of drug-likeness (QED) is 0.0607. The fraction of sp³-hybridized carbons (Fsp3) is 0.946. The molecule has 41 heavy (non-hydrogen) atoms. The lowest BCUT2D eigenvalue weighted by Crippen LogP contribution is -2.18. The van der Waals surface area contributed by atoms with Crippen molar-refractivity contribution in [3.8, 4) is 0 Å². The number of carbonyl (C=O) groups is 2. The van der Waals surface area contributed by atoms with Crippen molar-refractivity contribution in [3.05, 3.63) is 0 Å². The third-order valence-corrected chi connectivity index (χ3v) is 8.58. The van der Waals surface area contributed by atoms with E-state index in [0.29, 0.717) is 12.8 Å². The van der Waals surface area contributed by atoms with Crippen LogP contribution in [0.1, 0.15) is 219 Å². The van der Waals surface area contributed by atoms with Gasteiger partial charge in [0.05, 0.1) is 0 Å². The van der Waals surface area contributed by atoms with Crippen LogP contribution in [-0.4, -0.2) is 23.1 Å². The summed E-state index contributed by atoms with van der Waals surface area (Å²) in [6.07, 6.45) is 38.4. The van der Waals surface area contributed by atoms with E-state index in [1.807, 2.05) is 0 Å². The number of hydrogen-bond donors (Lipinski definition) is 1. The van der Waals surface area contributed by atoms with E-state index < -0.39 is 5.97 Å². The zero-order valence-corrected chi connectivity index (χ0v) is 27.9. The number of carbonyl (C=O) groups excluding carboxylic acids is 1. The Morgan fingerprint density at radius 1 is 0.439 bits per heavy atom. The molecule has 0 aliphatic carbocycles. The summed E-state index contributed by atoms with van der Waals surface area (Å²) in [5.41, 5.74) is 0. The molecule has 0 radical (unpaired) electrons. The summed E-state index contributed by atoms with van der Waals surface area (Å²) in [5.74, 6) is -0.634. The van der Waals surface area contributed by atoms with E-state index in [9.17, 15) is 9.59 Å². The smallest absolute Gasteiger partial charge is 0.306 e. The number of hydrogen-bond acceptors (Lipinski definition) is 3. The molecular weight excluding hydrogens is 508 g/mol. The standard InChI is InChI=1S/C37H72O4/c1-3-5-7-9-11-12-13-14-19-22-26-30-34-37(40)41-35(31-27-23-10-8-6-4-2)32-28-24-20-17-15-16-18-21-25-29-33-36(38)39/h35H,3-34H2,1-2H3,(H,38,39). The van der Waals surface area contributed by atoms with Crippen LogP contribution >= 0.6 is 0 Å². The third kappa shape index (κ3) is 33.3. The highest BCUT2D eigenvalue weighted by Gasteiger charge is 2.14. The second-order valence-electron chi connectivity index (χ2n) is 12.8. The van der Waals surface area contributed by atoms with Gasteiger partial charge in [0.2, 0.25) is 0 Å². The lowest BCUT2D eigenvalue weighted by atomic mass is 10.0. The van der Waals surface area contributed by atoms with Gasteiger partial charge in [-0.05, 0) is 38.5 Å². The van der Waals surface area contributed by atoms with Gasteiger partial charge in [-0.1, -0.05) is 168 Å². The maximum Gasteiger partial charge on any atom is 0.306 e. The Balaban J connectivity index is 3.93. The predicted octanol–water partition coefficient (Wildman–Crippen LogP) is 12.5. The molecule has 0 saturated carbocycles. The van der Waals surface area contributed by atoms with E-state index in [-0.39, 0.29) is 12.1 Å². The van der Waals surface area contributed by atoms with Gasteiger partial charge < -0.3 is 9.84 Å². The number of esters is 1. The minimum absolute atomic E-state index is 0.0383. The predicted molar refractivity (Wildman–Crippen MR) is 177 cm³/mol. The van der Waals surface area contributed by atoms with Gasteiger partial charge in [0.15, 0.2) is 0 Å². The number of aliphatic carboxylic acids is 1. The normalized spacial score (nSPS) is 12.0. The molecule has 0 aromatic heterocycles. The molecule has 0 aliphatic rings. The summed E-state index contributed by atoms with van der Waals surface area (Å²) >= 11 is 0. The van der Waals surface area contributed by atoms with Crippen molar-refractivity contribution in [2.75, 3.05) is 0 Å². The van der Waals surface area contributed by atoms with Crippen molar-refractivity contribution in [2.45, 2.75) is 225 Å². The van der Waals surface area contributed by atoms with Gasteiger partial charge in [-0.2, -0.15) is 0 Å². The van der Waals surface area contributed by atoms with E-state index in [1.165, 1.54) is 148 Å². The van der Waals surface area contributed by atoms with Crippen molar-refractivity contribution in [2.24, 2.45) is 0 Å². The van der Waals surface area contributed by atoms with Crippen LogP contribution in [0.25, 0.3) is 0 Å². The first kappa shape index (κ1) is 39.9. The van der Waals surface area contributed by atoms with Gasteiger partial charge in [-0.25, -0.2) is 0 Å². The highest BCUT2D eigenvalue weighted by atomic mass is 16.5. The summed E-state index contributed by atoms with van der Waals surface area (Å²) in [5, 5.41) is 8.69. The molecule has 1 unspecified atom stereocenters. The number of ether oxygens (including phenoxy) is 1. The molecule has 0 bridgehead atoms. The van der Waals surface area contributed by atoms with Gasteiger partial charge in [-0.15, -0.1) is 0 Å². The Morgan fingerprint density at radius 2 is 0.732 bits per heavy atom. The van der Waals surface area contributed by atoms with Crippen LogP contribution in [0, 0.1) is 0 Å². The molecule has 1 N–H and O–H groups in total. The molecule has 0 spiro atoms. The minimum atomic E-state index is -0.673. The molecule has 0 rings (SSSR count). The Labute approximate surface area is 256 Å². The van der Waals surface area contributed by atoms with Crippen LogP contribution in [0.4, 0.5) is 0 Å². The molecule has 1 atom stereocenters. The van der Waals surface area contributed by atoms with Crippen LogP contribution < -0.4 is 0 Å². The zero-order valence-electron chi connectivity index (χ0n) is 27.9. The molecule has 0 amide bonds. The Kier molecular flexibility index (Phi) is 32.6. The first-order valence-corrected chi connectivity index (χ1v) is 18.5. The average Bonchev–Trinajstić information content (AvgIpc) is 2.95. The molecule has 244 valence electrons. The Morgan fingerprint density at radius 3 is 1.07 bits per heavy atom. The van der Waals surface area contributed by atoms with Gasteiger partial charge in [0.25, 0.3) is 0 Å². The van der Waals surface area contributed by atoms with E-state index in [1.54, 1.807) is 0 Å². The molecule has 0 aromatic carbocycles. The molecule has 0 aromatic rings. The van der Waals surface area contributed by atoms with Crippen LogP contribution in [0.3, 0.4) is 0 Å². The average molecular weight is 581 g/mol. The SMILES string of the molecule is CCCCCCCCCCCCCCC(=O)OC(CCCCCCCC)CCCCCCCCCCCCC(=O)O. The fourth-order valence-electron chi connectivity index (χ4n) is 5.83. The Hall–Kier alpha value is -1.06. The topological polar surface area (TPSA) is 63.6 Å². The van der Waals surface area contributed by atoms with E-state index in [0.717, 1.165) is 44.9 Å². The van der Waals surface area contributed by atoms with Gasteiger partial charge in [0.1, 0.15) is 6.10 Å². The van der Waals surface area contributed by atoms with Crippen molar-refractivity contribution in [1.29, 1.82) is 0 Å². The summed E-state index contributed by atoms with van der Waals surface area (Å²) in [6, 6.07) is 0. The Bertz CT molecular complexity index is 547. The minimum Gasteiger partial charge on any atom is -0.481 e. The second-order valence-corrected chi connectivity index (χ2v) is 12.8. The van der Waals surface area contributed by atoms with Crippen LogP contribution in [-0.2, 0) is 14.3 Å². The second kappa shape index (κ2) is 33.4. The zero-order chi connectivity index (χ0) is 30.1. The highest BCUT2D eigenvalue weighted by molar-refractivity contribution is 5.69. The van der Waals surface area contributed by atoms with Crippen molar-refractivity contribution in [3.63, 3.8) is 0 Å². The molecule has 0 heterocycles. The van der Waals surface area contributed by atoms with Gasteiger partial charge in [0, 0.05) is 12.8 Å². The van der Waals surface area contributed by atoms with Crippen molar-refractivity contribution < 1.29 is 19.4 Å². The fourth-order valence-corrected chi connectivity index (χ4v) is 5.83. The summed E-state index contributed by atoms with van der Waals surface area (Å²) < 4.78 is 6.01. The number of carboxylic acid groups (broad SMARTS) is 1. The molecule has 4 heteroatoms. The summed E-state index contributed by atoms with van der Waals surface area (Å²) in [4.78, 5) is 23.1. The number of unbranched alkanes of at least 4 members (excludes halogenated alkanes) is 25. The maximum absolute atomic E-state index is 12.6. The molecular formula is C37H72O4. The lowest BCUT2D eigenvalue weighted by molar-refractivity contribution is -0.150. The van der Waals surface area contributed by atoms with Crippen molar-refractivity contribution in [1.82, 2.24) is 0 Å². The maximum atomic E-state index is 12.6. The first-order valence-electron chi connectivity index (χ1n) is 18.5. The molecule has 0 aliphatic heterocycles. The summed E-state index contributed by atoms with van der Waals surface area (Å²) in [7, 11) is 0. The van der Waals surface area contributed by atoms with Gasteiger partial charge in [-0.3, -0.25) is 9.59 Å². The molecule has 0 fully saturated rings. The van der Waals surface area contributed by atoms with E-state index >= 15 is 0 Å². The largest absolute Gasteiger partial charge is 0.481 e. The lowest BCUT2D eigenvalue weighted by Gasteiger charge is -2.18. The highest BCUT2D eigenvalue weighted by Crippen LogP contribution is 2.19. The molecule has 4 nitrogen and oxygen atoms in total. The number of carboxylic acids is 1. The van der Waals surface area contributed by atoms with Crippen LogP contribution in [0.2, 0.25) is 0 Å². The van der Waals surface area contributed by atoms with Crippen molar-refractivity contribution >= 4 is 11.9 Å². The van der Waals surface area contributed by atoms with Crippen LogP contribution in [0.15, 0.2) is 0 Å². The van der Waals surface area contributed by atoms with E-state index in [4.69, 9.17) is 9.84 Å². The number of rotatable bonds is 34. The third-order valence-electron chi connectivity index (χ3n) is 8.58. The monoisotopic (exact) mass is 581 g/mol. The summed E-state index contributed by atoms with van der Waals surface area (Å²) in [6.45, 7) is 4.54.